The highest BCUT2D eigenvalue weighted by atomic mass is 16.6. The van der Waals surface area contributed by atoms with Gasteiger partial charge in [0.15, 0.2) is 0 Å². The first-order valence-corrected chi connectivity index (χ1v) is 16.9. The standard InChI is InChI=1S/C42H43N3O5/c1-30-25-36(45-26-38(43-44-45)35-21-13-6-14-22-35)23-24-37(30)39(46)40(47)42(50-29-34-19-11-5-12-20-34)41(49-28-33-17-9-4-10-18-33)31(2)48-27-32-15-7-3-8-16-32/h3-26,31,39-42,46-47H,27-29H2,1-2H3. The summed E-state index contributed by atoms with van der Waals surface area (Å²) in [6, 6.07) is 45.0. The van der Waals surface area contributed by atoms with Crippen molar-refractivity contribution in [3.63, 3.8) is 0 Å². The summed E-state index contributed by atoms with van der Waals surface area (Å²) in [5, 5.41) is 32.5. The smallest absolute Gasteiger partial charge is 0.115 e. The van der Waals surface area contributed by atoms with Crippen molar-refractivity contribution in [2.75, 3.05) is 0 Å². The first-order valence-electron chi connectivity index (χ1n) is 16.9. The molecule has 0 spiro atoms. The quantitative estimate of drug-likeness (QED) is 0.111. The number of hydrogen-bond acceptors (Lipinski definition) is 7. The van der Waals surface area contributed by atoms with Crippen LogP contribution in [0.1, 0.15) is 40.8 Å². The van der Waals surface area contributed by atoms with E-state index in [0.29, 0.717) is 12.2 Å². The van der Waals surface area contributed by atoms with Crippen LogP contribution in [-0.4, -0.2) is 49.6 Å². The highest BCUT2D eigenvalue weighted by Crippen LogP contribution is 2.30. The second-order valence-corrected chi connectivity index (χ2v) is 12.4. The molecule has 0 aliphatic carbocycles. The Morgan fingerprint density at radius 3 is 1.66 bits per heavy atom. The maximum Gasteiger partial charge on any atom is 0.115 e. The van der Waals surface area contributed by atoms with Gasteiger partial charge in [0.2, 0.25) is 0 Å². The molecule has 0 radical (unpaired) electrons. The van der Waals surface area contributed by atoms with Crippen LogP contribution in [0.3, 0.4) is 0 Å². The van der Waals surface area contributed by atoms with Gasteiger partial charge in [0.05, 0.1) is 37.8 Å². The van der Waals surface area contributed by atoms with Gasteiger partial charge in [-0.15, -0.1) is 5.10 Å². The summed E-state index contributed by atoms with van der Waals surface area (Å²) in [5.41, 5.74) is 6.78. The van der Waals surface area contributed by atoms with Gasteiger partial charge < -0.3 is 24.4 Å². The van der Waals surface area contributed by atoms with Crippen LogP contribution < -0.4 is 0 Å². The number of nitrogens with zero attached hydrogens (tertiary/aromatic N) is 3. The van der Waals surface area contributed by atoms with Gasteiger partial charge in [0.1, 0.15) is 30.1 Å². The third kappa shape index (κ3) is 8.98. The van der Waals surface area contributed by atoms with Gasteiger partial charge in [-0.2, -0.15) is 0 Å². The first kappa shape index (κ1) is 34.9. The molecule has 6 rings (SSSR count). The summed E-state index contributed by atoms with van der Waals surface area (Å²) in [6.07, 6.45) is -2.97. The lowest BCUT2D eigenvalue weighted by molar-refractivity contribution is -0.191. The van der Waals surface area contributed by atoms with E-state index in [1.807, 2.05) is 160 Å². The molecule has 5 aromatic carbocycles. The zero-order valence-electron chi connectivity index (χ0n) is 28.3. The lowest BCUT2D eigenvalue weighted by Gasteiger charge is -2.36. The molecule has 1 heterocycles. The molecule has 256 valence electrons. The van der Waals surface area contributed by atoms with Crippen LogP contribution in [0.2, 0.25) is 0 Å². The maximum atomic E-state index is 12.0. The predicted octanol–water partition coefficient (Wildman–Crippen LogP) is 7.41. The van der Waals surface area contributed by atoms with Crippen LogP contribution in [0.25, 0.3) is 16.9 Å². The van der Waals surface area contributed by atoms with E-state index >= 15 is 0 Å². The molecule has 2 N–H and O–H groups in total. The molecule has 0 amide bonds. The molecule has 0 aliphatic rings. The number of benzene rings is 5. The van der Waals surface area contributed by atoms with Crippen LogP contribution in [-0.2, 0) is 34.0 Å². The van der Waals surface area contributed by atoms with Crippen molar-refractivity contribution in [1.82, 2.24) is 15.0 Å². The Hall–Kier alpha value is -4.96. The fourth-order valence-corrected chi connectivity index (χ4v) is 5.94. The van der Waals surface area contributed by atoms with Crippen molar-refractivity contribution in [1.29, 1.82) is 0 Å². The molecule has 50 heavy (non-hydrogen) atoms. The first-order chi connectivity index (χ1) is 24.5. The average Bonchev–Trinajstić information content (AvgIpc) is 3.67. The van der Waals surface area contributed by atoms with Gasteiger partial charge in [0, 0.05) is 5.56 Å². The van der Waals surface area contributed by atoms with Crippen molar-refractivity contribution < 1.29 is 24.4 Å². The van der Waals surface area contributed by atoms with E-state index in [1.165, 1.54) is 0 Å². The Kier molecular flexibility index (Phi) is 11.9. The summed E-state index contributed by atoms with van der Waals surface area (Å²) in [6.45, 7) is 4.65. The lowest BCUT2D eigenvalue weighted by atomic mass is 9.92. The molecule has 5 atom stereocenters. The number of aliphatic hydroxyl groups is 2. The Morgan fingerprint density at radius 2 is 1.12 bits per heavy atom. The molecule has 0 saturated carbocycles. The molecule has 5 unspecified atom stereocenters. The van der Waals surface area contributed by atoms with Crippen molar-refractivity contribution in [3.05, 3.63) is 174 Å². The molecular weight excluding hydrogens is 626 g/mol. The van der Waals surface area contributed by atoms with E-state index in [-0.39, 0.29) is 13.2 Å². The summed E-state index contributed by atoms with van der Waals surface area (Å²) in [5.74, 6) is 0. The number of ether oxygens (including phenoxy) is 3. The second kappa shape index (κ2) is 17.1. The minimum absolute atomic E-state index is 0.208. The van der Waals surface area contributed by atoms with E-state index in [1.54, 1.807) is 4.68 Å². The van der Waals surface area contributed by atoms with E-state index in [2.05, 4.69) is 10.3 Å². The topological polar surface area (TPSA) is 98.9 Å². The van der Waals surface area contributed by atoms with E-state index in [0.717, 1.165) is 39.2 Å². The Morgan fingerprint density at radius 1 is 0.620 bits per heavy atom. The molecular formula is C42H43N3O5. The van der Waals surface area contributed by atoms with E-state index in [4.69, 9.17) is 14.2 Å². The minimum Gasteiger partial charge on any atom is -0.387 e. The molecule has 0 fully saturated rings. The number of aryl methyl sites for hydroxylation is 1. The largest absolute Gasteiger partial charge is 0.387 e. The van der Waals surface area contributed by atoms with Crippen molar-refractivity contribution >= 4 is 0 Å². The maximum absolute atomic E-state index is 12.0. The van der Waals surface area contributed by atoms with Crippen LogP contribution >= 0.6 is 0 Å². The third-order valence-electron chi connectivity index (χ3n) is 8.77. The van der Waals surface area contributed by atoms with Crippen molar-refractivity contribution in [2.45, 2.75) is 64.2 Å². The highest BCUT2D eigenvalue weighted by molar-refractivity contribution is 5.58. The van der Waals surface area contributed by atoms with E-state index in [9.17, 15) is 10.2 Å². The molecule has 8 nitrogen and oxygen atoms in total. The van der Waals surface area contributed by atoms with Gasteiger partial charge in [-0.25, -0.2) is 4.68 Å². The Labute approximate surface area is 293 Å². The summed E-state index contributed by atoms with van der Waals surface area (Å²) < 4.78 is 21.1. The predicted molar refractivity (Wildman–Crippen MR) is 193 cm³/mol. The molecule has 0 aliphatic heterocycles. The minimum atomic E-state index is -1.36. The fraction of sp³-hybridized carbons (Fsp3) is 0.238. The van der Waals surface area contributed by atoms with Gasteiger partial charge in [0.25, 0.3) is 0 Å². The molecule has 8 heteroatoms. The van der Waals surface area contributed by atoms with Crippen LogP contribution in [0.5, 0.6) is 0 Å². The zero-order chi connectivity index (χ0) is 34.7. The second-order valence-electron chi connectivity index (χ2n) is 12.4. The summed E-state index contributed by atoms with van der Waals surface area (Å²) in [7, 11) is 0. The third-order valence-corrected chi connectivity index (χ3v) is 8.77. The average molecular weight is 670 g/mol. The molecule has 6 aromatic rings. The number of aromatic nitrogens is 3. The lowest BCUT2D eigenvalue weighted by Crippen LogP contribution is -2.49. The molecule has 0 bridgehead atoms. The monoisotopic (exact) mass is 669 g/mol. The number of rotatable bonds is 16. The Balaban J connectivity index is 1.26. The molecule has 1 aromatic heterocycles. The van der Waals surface area contributed by atoms with Gasteiger partial charge >= 0.3 is 0 Å². The van der Waals surface area contributed by atoms with Crippen LogP contribution in [0, 0.1) is 6.92 Å². The number of aliphatic hydroxyl groups excluding tert-OH is 2. The van der Waals surface area contributed by atoms with E-state index < -0.39 is 30.5 Å². The van der Waals surface area contributed by atoms with Gasteiger partial charge in [-0.3, -0.25) is 0 Å². The van der Waals surface area contributed by atoms with Gasteiger partial charge in [-0.05, 0) is 53.8 Å². The van der Waals surface area contributed by atoms with Crippen LogP contribution in [0.15, 0.2) is 146 Å². The summed E-state index contributed by atoms with van der Waals surface area (Å²) >= 11 is 0. The van der Waals surface area contributed by atoms with Gasteiger partial charge in [-0.1, -0.05) is 133 Å². The van der Waals surface area contributed by atoms with Crippen molar-refractivity contribution in [3.8, 4) is 16.9 Å². The SMILES string of the molecule is Cc1cc(-n2cc(-c3ccccc3)nn2)ccc1C(O)C(O)C(OCc1ccccc1)C(OCc1ccccc1)C(C)OCc1ccccc1. The molecule has 0 saturated heterocycles. The van der Waals surface area contributed by atoms with Crippen molar-refractivity contribution in [2.24, 2.45) is 0 Å². The zero-order valence-corrected chi connectivity index (χ0v) is 28.3. The Bertz CT molecular complexity index is 1890. The fourth-order valence-electron chi connectivity index (χ4n) is 5.94. The number of hydrogen-bond donors (Lipinski definition) is 2. The normalized spacial score (nSPS) is 14.5. The summed E-state index contributed by atoms with van der Waals surface area (Å²) in [4.78, 5) is 0. The highest BCUT2D eigenvalue weighted by Gasteiger charge is 2.39. The van der Waals surface area contributed by atoms with Crippen LogP contribution in [0.4, 0.5) is 0 Å².